The third-order valence-electron chi connectivity index (χ3n) is 10.5. The van der Waals surface area contributed by atoms with Crippen molar-refractivity contribution in [2.24, 2.45) is 0 Å². The summed E-state index contributed by atoms with van der Waals surface area (Å²) >= 11 is 0. The van der Waals surface area contributed by atoms with Gasteiger partial charge in [0.05, 0.1) is 5.41 Å². The summed E-state index contributed by atoms with van der Waals surface area (Å²) < 4.78 is 0. The summed E-state index contributed by atoms with van der Waals surface area (Å²) in [5, 5.41) is 0. The molecule has 8 rings (SSSR count). The summed E-state index contributed by atoms with van der Waals surface area (Å²) in [7, 11) is 0. The molecule has 0 heterocycles. The van der Waals surface area contributed by atoms with E-state index in [0.717, 1.165) is 17.1 Å². The molecule has 1 unspecified atom stereocenters. The fourth-order valence-corrected chi connectivity index (χ4v) is 8.33. The van der Waals surface area contributed by atoms with E-state index in [0.29, 0.717) is 0 Å². The van der Waals surface area contributed by atoms with Crippen LogP contribution in [0.3, 0.4) is 0 Å². The highest BCUT2D eigenvalue weighted by Gasteiger charge is 2.46. The van der Waals surface area contributed by atoms with Gasteiger partial charge in [-0.3, -0.25) is 0 Å². The van der Waals surface area contributed by atoms with Gasteiger partial charge >= 0.3 is 0 Å². The molecule has 6 aromatic rings. The zero-order chi connectivity index (χ0) is 32.9. The first-order valence-electron chi connectivity index (χ1n) is 16.9. The molecule has 0 radical (unpaired) electrons. The molecule has 48 heavy (non-hydrogen) atoms. The molecule has 0 aromatic heterocycles. The normalized spacial score (nSPS) is 17.2. The lowest BCUT2D eigenvalue weighted by molar-refractivity contribution is 0.660. The maximum atomic E-state index is 4.28. The molecule has 0 amide bonds. The molecular formula is C47H39N. The quantitative estimate of drug-likeness (QED) is 0.172. The third-order valence-corrected chi connectivity index (χ3v) is 10.5. The van der Waals surface area contributed by atoms with Gasteiger partial charge in [0.25, 0.3) is 0 Å². The van der Waals surface area contributed by atoms with Gasteiger partial charge in [0.15, 0.2) is 0 Å². The first-order chi connectivity index (χ1) is 23.5. The minimum Gasteiger partial charge on any atom is -0.310 e. The van der Waals surface area contributed by atoms with Crippen LogP contribution in [0.5, 0.6) is 0 Å². The highest BCUT2D eigenvalue weighted by Crippen LogP contribution is 2.56. The first kappa shape index (κ1) is 29.7. The lowest BCUT2D eigenvalue weighted by Crippen LogP contribution is -2.29. The Kier molecular flexibility index (Phi) is 7.15. The monoisotopic (exact) mass is 617 g/mol. The van der Waals surface area contributed by atoms with E-state index >= 15 is 0 Å². The number of para-hydroxylation sites is 1. The van der Waals surface area contributed by atoms with Crippen LogP contribution in [0.25, 0.3) is 16.7 Å². The minimum absolute atomic E-state index is 0.0789. The van der Waals surface area contributed by atoms with Gasteiger partial charge in [-0.05, 0) is 99.0 Å². The maximum Gasteiger partial charge on any atom is 0.0713 e. The van der Waals surface area contributed by atoms with Crippen molar-refractivity contribution in [2.75, 3.05) is 4.90 Å². The van der Waals surface area contributed by atoms with Crippen molar-refractivity contribution in [3.05, 3.63) is 215 Å². The van der Waals surface area contributed by atoms with E-state index in [4.69, 9.17) is 0 Å². The van der Waals surface area contributed by atoms with Gasteiger partial charge in [-0.25, -0.2) is 0 Å². The third kappa shape index (κ3) is 4.31. The van der Waals surface area contributed by atoms with Crippen LogP contribution >= 0.6 is 0 Å². The topological polar surface area (TPSA) is 3.24 Å². The molecule has 0 bridgehead atoms. The van der Waals surface area contributed by atoms with Crippen molar-refractivity contribution in [2.45, 2.75) is 31.6 Å². The molecule has 2 aliphatic carbocycles. The van der Waals surface area contributed by atoms with Gasteiger partial charge in [0.2, 0.25) is 0 Å². The largest absolute Gasteiger partial charge is 0.310 e. The number of anilines is 3. The Labute approximate surface area is 284 Å². The van der Waals surface area contributed by atoms with E-state index in [1.54, 1.807) is 0 Å². The minimum atomic E-state index is -0.479. The number of allylic oxidation sites excluding steroid dienone is 5. The molecule has 6 aromatic carbocycles. The van der Waals surface area contributed by atoms with Crippen molar-refractivity contribution in [1.82, 2.24) is 0 Å². The Morgan fingerprint density at radius 3 is 1.75 bits per heavy atom. The Hall–Kier alpha value is -5.66. The fraction of sp³-hybridized carbons (Fsp3) is 0.106. The van der Waals surface area contributed by atoms with Crippen LogP contribution in [0, 0.1) is 0 Å². The average Bonchev–Trinajstić information content (AvgIpc) is 3.55. The van der Waals surface area contributed by atoms with Gasteiger partial charge in [0.1, 0.15) is 0 Å². The predicted octanol–water partition coefficient (Wildman–Crippen LogP) is 12.3. The van der Waals surface area contributed by atoms with E-state index in [1.807, 2.05) is 6.08 Å². The number of benzene rings is 6. The Bertz CT molecular complexity index is 2220. The van der Waals surface area contributed by atoms with Crippen LogP contribution in [0.2, 0.25) is 0 Å². The molecule has 1 nitrogen and oxygen atoms in total. The molecule has 0 fully saturated rings. The Morgan fingerprint density at radius 1 is 0.521 bits per heavy atom. The van der Waals surface area contributed by atoms with Crippen molar-refractivity contribution >= 4 is 22.6 Å². The van der Waals surface area contributed by atoms with E-state index in [-0.39, 0.29) is 5.41 Å². The van der Waals surface area contributed by atoms with E-state index in [9.17, 15) is 0 Å². The van der Waals surface area contributed by atoms with Crippen LogP contribution in [0.1, 0.15) is 54.2 Å². The molecule has 0 spiro atoms. The van der Waals surface area contributed by atoms with Crippen molar-refractivity contribution in [1.29, 1.82) is 0 Å². The average molecular weight is 618 g/mol. The van der Waals surface area contributed by atoms with Gasteiger partial charge < -0.3 is 4.90 Å². The molecule has 232 valence electrons. The number of rotatable bonds is 7. The van der Waals surface area contributed by atoms with Crippen LogP contribution < -0.4 is 4.90 Å². The van der Waals surface area contributed by atoms with Crippen LogP contribution in [0.4, 0.5) is 17.1 Å². The van der Waals surface area contributed by atoms with Crippen LogP contribution in [0.15, 0.2) is 182 Å². The van der Waals surface area contributed by atoms with Crippen LogP contribution in [-0.4, -0.2) is 0 Å². The lowest BCUT2D eigenvalue weighted by Gasteiger charge is -2.35. The summed E-state index contributed by atoms with van der Waals surface area (Å²) in [5.74, 6) is 0. The summed E-state index contributed by atoms with van der Waals surface area (Å²) in [6, 6.07) is 55.6. The van der Waals surface area contributed by atoms with Crippen molar-refractivity contribution < 1.29 is 0 Å². The zero-order valence-electron chi connectivity index (χ0n) is 27.8. The van der Waals surface area contributed by atoms with E-state index in [1.165, 1.54) is 55.7 Å². The lowest BCUT2D eigenvalue weighted by atomic mass is 9.66. The maximum absolute atomic E-state index is 4.28. The van der Waals surface area contributed by atoms with Gasteiger partial charge in [0, 0.05) is 22.5 Å². The van der Waals surface area contributed by atoms with Gasteiger partial charge in [-0.1, -0.05) is 154 Å². The van der Waals surface area contributed by atoms with E-state index < -0.39 is 5.41 Å². The Morgan fingerprint density at radius 2 is 1.06 bits per heavy atom. The Balaban J connectivity index is 1.31. The van der Waals surface area contributed by atoms with Crippen molar-refractivity contribution in [3.8, 4) is 11.1 Å². The second-order valence-corrected chi connectivity index (χ2v) is 13.3. The first-order valence-corrected chi connectivity index (χ1v) is 16.9. The SMILES string of the molecule is C=CC1=C(/C=C\C)C(c2ccccc2)(c2ccc(N(c3ccccc3)c3ccc4c(c3)C(C)(C)c3ccccc3-4)cc2)c2ccccc21. The van der Waals surface area contributed by atoms with Crippen molar-refractivity contribution in [3.63, 3.8) is 0 Å². The zero-order valence-corrected chi connectivity index (χ0v) is 27.8. The summed E-state index contributed by atoms with van der Waals surface area (Å²) in [4.78, 5) is 2.39. The fourth-order valence-electron chi connectivity index (χ4n) is 8.33. The van der Waals surface area contributed by atoms with Gasteiger partial charge in [-0.2, -0.15) is 0 Å². The number of hydrogen-bond donors (Lipinski definition) is 0. The number of nitrogens with zero attached hydrogens (tertiary/aromatic N) is 1. The van der Waals surface area contributed by atoms with E-state index in [2.05, 4.69) is 196 Å². The molecule has 0 aliphatic heterocycles. The second-order valence-electron chi connectivity index (χ2n) is 13.3. The molecule has 0 saturated carbocycles. The molecule has 0 N–H and O–H groups in total. The summed E-state index contributed by atoms with van der Waals surface area (Å²) in [5.41, 5.74) is 15.7. The summed E-state index contributed by atoms with van der Waals surface area (Å²) in [6.45, 7) is 11.1. The molecule has 2 aliphatic rings. The smallest absolute Gasteiger partial charge is 0.0713 e. The predicted molar refractivity (Wildman–Crippen MR) is 203 cm³/mol. The highest BCUT2D eigenvalue weighted by molar-refractivity contribution is 5.92. The molecule has 0 saturated heterocycles. The molecule has 1 atom stereocenters. The standard InChI is InChI=1S/C47H39N/c1-5-17-43-38(6-2)39-22-14-16-25-44(39)47(43,33-18-9-7-10-19-33)34-26-28-36(29-27-34)48(35-20-11-8-12-21-35)37-30-31-41-40-23-13-15-24-42(40)46(3,4)45(41)32-37/h5-32H,2H2,1,3-4H3/b17-5-. The van der Waals surface area contributed by atoms with Crippen LogP contribution in [-0.2, 0) is 10.8 Å². The highest BCUT2D eigenvalue weighted by atomic mass is 15.1. The van der Waals surface area contributed by atoms with Gasteiger partial charge in [-0.15, -0.1) is 0 Å². The molecular weight excluding hydrogens is 579 g/mol. The number of hydrogen-bond acceptors (Lipinski definition) is 1. The second kappa shape index (κ2) is 11.5. The molecule has 1 heteroatoms. The summed E-state index contributed by atoms with van der Waals surface area (Å²) in [6.07, 6.45) is 6.46. The number of fused-ring (bicyclic) bond motifs is 4.